The van der Waals surface area contributed by atoms with E-state index in [4.69, 9.17) is 9.25 Å². The molecule has 1 aromatic carbocycles. The number of hydrogen-bond donors (Lipinski definition) is 0. The van der Waals surface area contributed by atoms with Crippen LogP contribution < -0.4 is 0 Å². The van der Waals surface area contributed by atoms with E-state index in [1.54, 1.807) is 4.90 Å². The Morgan fingerprint density at radius 3 is 2.42 bits per heavy atom. The topological polar surface area (TPSA) is 99.4 Å². The number of fused-ring (bicyclic) bond motifs is 2. The second kappa shape index (κ2) is 11.7. The second-order valence-corrected chi connectivity index (χ2v) is 12.1. The Morgan fingerprint density at radius 1 is 1.05 bits per heavy atom. The summed E-state index contributed by atoms with van der Waals surface area (Å²) in [5.74, 6) is 0.00860. The van der Waals surface area contributed by atoms with Gasteiger partial charge in [0.05, 0.1) is 6.54 Å². The van der Waals surface area contributed by atoms with Crippen molar-refractivity contribution in [2.75, 3.05) is 26.7 Å². The van der Waals surface area contributed by atoms with Gasteiger partial charge >= 0.3 is 0 Å². The number of para-hydroxylation sites is 2. The van der Waals surface area contributed by atoms with E-state index < -0.39 is 24.2 Å². The van der Waals surface area contributed by atoms with Crippen LogP contribution in [-0.2, 0) is 19.2 Å². The Kier molecular flexibility index (Phi) is 8.28. The quantitative estimate of drug-likeness (QED) is 0.486. The molecule has 0 N–H and O–H groups in total. The van der Waals surface area contributed by atoms with Crippen LogP contribution in [0.2, 0.25) is 0 Å². The van der Waals surface area contributed by atoms with Crippen molar-refractivity contribution in [3.8, 4) is 0 Å². The zero-order valence-corrected chi connectivity index (χ0v) is 24.2. The van der Waals surface area contributed by atoms with E-state index in [-0.39, 0.29) is 36.2 Å². The fraction of sp³-hybridized carbons (Fsp3) is 0.600. The number of amides is 3. The van der Waals surface area contributed by atoms with Gasteiger partial charge in [0.25, 0.3) is 11.8 Å². The van der Waals surface area contributed by atoms with Crippen molar-refractivity contribution in [3.05, 3.63) is 36.2 Å². The first-order valence-electron chi connectivity index (χ1n) is 14.5. The highest BCUT2D eigenvalue weighted by Gasteiger charge is 2.53. The minimum absolute atomic E-state index is 0.0209. The van der Waals surface area contributed by atoms with Crippen LogP contribution in [-0.4, -0.2) is 93.5 Å². The van der Waals surface area contributed by atoms with E-state index in [0.29, 0.717) is 29.8 Å². The molecule has 216 valence electrons. The Balaban J connectivity index is 1.47. The average Bonchev–Trinajstić information content (AvgIpc) is 3.33. The van der Waals surface area contributed by atoms with Crippen LogP contribution in [0.25, 0.3) is 17.2 Å². The monoisotopic (exact) mass is 551 g/mol. The summed E-state index contributed by atoms with van der Waals surface area (Å²) < 4.78 is 5.75. The Hall–Kier alpha value is -3.24. The molecule has 3 aliphatic heterocycles. The van der Waals surface area contributed by atoms with Gasteiger partial charge in [-0.05, 0) is 69.8 Å². The molecule has 3 amide bonds. The van der Waals surface area contributed by atoms with Crippen LogP contribution in [0.15, 0.2) is 34.8 Å². The smallest absolute Gasteiger partial charge is 0.272 e. The first-order chi connectivity index (χ1) is 19.1. The fourth-order valence-corrected chi connectivity index (χ4v) is 6.02. The normalized spacial score (nSPS) is 25.2. The van der Waals surface area contributed by atoms with Crippen LogP contribution in [0.1, 0.15) is 59.3 Å². The van der Waals surface area contributed by atoms with Gasteiger partial charge in [-0.3, -0.25) is 19.2 Å². The minimum Gasteiger partial charge on any atom is -0.437 e. The van der Waals surface area contributed by atoms with Gasteiger partial charge in [-0.15, -0.1) is 0 Å². The number of piperidine rings is 1. The van der Waals surface area contributed by atoms with Gasteiger partial charge in [0, 0.05) is 18.2 Å². The predicted molar refractivity (Wildman–Crippen MR) is 150 cm³/mol. The second-order valence-electron chi connectivity index (χ2n) is 12.1. The molecular formula is C30H41N5O5. The summed E-state index contributed by atoms with van der Waals surface area (Å²) in [5.41, 5.74) is 1.34. The SMILES string of the molecule is CC(C)C[C@H]1ON(C(=O)/C=C/c2nc3ccccc3o2)[C@H]2CN(C3CCN(C)CC3)C(=O)[C@H](CC(C)C)N2C1=O. The molecular weight excluding hydrogens is 510 g/mol. The molecule has 0 saturated carbocycles. The van der Waals surface area contributed by atoms with Crippen molar-refractivity contribution < 1.29 is 23.6 Å². The van der Waals surface area contributed by atoms with Gasteiger partial charge in [-0.1, -0.05) is 39.8 Å². The molecule has 0 radical (unpaired) electrons. The van der Waals surface area contributed by atoms with Gasteiger partial charge in [0.1, 0.15) is 11.6 Å². The zero-order valence-electron chi connectivity index (χ0n) is 24.2. The van der Waals surface area contributed by atoms with Crippen molar-refractivity contribution in [1.29, 1.82) is 0 Å². The molecule has 10 heteroatoms. The Morgan fingerprint density at radius 2 is 1.75 bits per heavy atom. The number of carbonyl (C=O) groups excluding carboxylic acids is 3. The molecule has 1 aromatic heterocycles. The van der Waals surface area contributed by atoms with E-state index in [1.165, 1.54) is 17.2 Å². The third-order valence-corrected chi connectivity index (χ3v) is 8.03. The molecule has 5 rings (SSSR count). The molecule has 3 atom stereocenters. The Bertz CT molecular complexity index is 1230. The van der Waals surface area contributed by atoms with E-state index in [0.717, 1.165) is 25.9 Å². The molecule has 2 aromatic rings. The lowest BCUT2D eigenvalue weighted by atomic mass is 9.93. The highest BCUT2D eigenvalue weighted by atomic mass is 16.7. The lowest BCUT2D eigenvalue weighted by Gasteiger charge is -2.55. The van der Waals surface area contributed by atoms with E-state index in [2.05, 4.69) is 30.8 Å². The number of benzene rings is 1. The molecule has 3 aliphatic rings. The summed E-state index contributed by atoms with van der Waals surface area (Å²) in [4.78, 5) is 58.0. The van der Waals surface area contributed by atoms with Crippen LogP contribution >= 0.6 is 0 Å². The number of carbonyl (C=O) groups is 3. The maximum Gasteiger partial charge on any atom is 0.272 e. The van der Waals surface area contributed by atoms with E-state index in [9.17, 15) is 14.4 Å². The van der Waals surface area contributed by atoms with E-state index in [1.807, 2.05) is 43.0 Å². The first kappa shape index (κ1) is 28.3. The van der Waals surface area contributed by atoms with Crippen molar-refractivity contribution in [2.24, 2.45) is 11.8 Å². The Labute approximate surface area is 235 Å². The third-order valence-electron chi connectivity index (χ3n) is 8.03. The number of rotatable bonds is 7. The lowest BCUT2D eigenvalue weighted by Crippen LogP contribution is -2.74. The molecule has 40 heavy (non-hydrogen) atoms. The summed E-state index contributed by atoms with van der Waals surface area (Å²) in [5, 5.41) is 1.31. The molecule has 4 heterocycles. The number of oxazole rings is 1. The lowest BCUT2D eigenvalue weighted by molar-refractivity contribution is -0.275. The standard InChI is InChI=1S/C30H41N5O5/c1-19(2)16-23-29(37)33(21-12-14-32(5)15-13-21)18-27-34(23)30(38)25(17-20(3)4)40-35(27)28(36)11-10-26-31-22-8-6-7-9-24(22)39-26/h6-11,19-21,23,25,27H,12-18H2,1-5H3/b11-10+/t23-,25+,27-/m0/s1. The maximum absolute atomic E-state index is 14.0. The summed E-state index contributed by atoms with van der Waals surface area (Å²) in [6.45, 7) is 10.2. The zero-order chi connectivity index (χ0) is 28.6. The van der Waals surface area contributed by atoms with Crippen LogP contribution in [0, 0.1) is 11.8 Å². The molecule has 0 bridgehead atoms. The van der Waals surface area contributed by atoms with Gasteiger partial charge in [0.2, 0.25) is 11.8 Å². The minimum atomic E-state index is -0.838. The first-order valence-corrected chi connectivity index (χ1v) is 14.5. The van der Waals surface area contributed by atoms with Crippen molar-refractivity contribution in [2.45, 2.75) is 77.7 Å². The molecule has 3 saturated heterocycles. The molecule has 10 nitrogen and oxygen atoms in total. The van der Waals surface area contributed by atoms with Gasteiger partial charge < -0.3 is 19.1 Å². The molecule has 0 unspecified atom stereocenters. The molecule has 3 fully saturated rings. The number of hydroxylamine groups is 2. The van der Waals surface area contributed by atoms with Crippen LogP contribution in [0.5, 0.6) is 0 Å². The number of aromatic nitrogens is 1. The number of likely N-dealkylation sites (tertiary alicyclic amines) is 1. The average molecular weight is 552 g/mol. The van der Waals surface area contributed by atoms with Crippen molar-refractivity contribution in [3.63, 3.8) is 0 Å². The summed E-state index contributed by atoms with van der Waals surface area (Å²) in [6.07, 6.45) is 4.05. The van der Waals surface area contributed by atoms with Crippen molar-refractivity contribution >= 4 is 34.9 Å². The number of nitrogens with zero attached hydrogens (tertiary/aromatic N) is 5. The van der Waals surface area contributed by atoms with Crippen LogP contribution in [0.4, 0.5) is 0 Å². The van der Waals surface area contributed by atoms with Gasteiger partial charge in [-0.2, -0.15) is 5.06 Å². The van der Waals surface area contributed by atoms with Gasteiger partial charge in [-0.25, -0.2) is 4.98 Å². The summed E-state index contributed by atoms with van der Waals surface area (Å²) >= 11 is 0. The highest BCUT2D eigenvalue weighted by molar-refractivity contribution is 5.95. The molecule has 0 aliphatic carbocycles. The van der Waals surface area contributed by atoms with E-state index >= 15 is 0 Å². The summed E-state index contributed by atoms with van der Waals surface area (Å²) in [6, 6.07) is 6.83. The fourth-order valence-electron chi connectivity index (χ4n) is 6.02. The van der Waals surface area contributed by atoms with Crippen LogP contribution in [0.3, 0.4) is 0 Å². The van der Waals surface area contributed by atoms with Crippen molar-refractivity contribution in [1.82, 2.24) is 24.7 Å². The largest absolute Gasteiger partial charge is 0.437 e. The summed E-state index contributed by atoms with van der Waals surface area (Å²) in [7, 11) is 2.09. The number of piperazine rings is 1. The predicted octanol–water partition coefficient (Wildman–Crippen LogP) is 3.54. The van der Waals surface area contributed by atoms with Gasteiger partial charge in [0.15, 0.2) is 17.9 Å². The maximum atomic E-state index is 14.0. The third kappa shape index (κ3) is 5.78. The molecule has 0 spiro atoms. The number of hydrogen-bond acceptors (Lipinski definition) is 7. The highest BCUT2D eigenvalue weighted by Crippen LogP contribution is 2.34.